The Morgan fingerprint density at radius 1 is 1.38 bits per heavy atom. The standard InChI is InChI=1S/C13H17BrFN/c1-10-6-7-16(9-13(10)14)8-11-2-4-12(15)5-3-11/h2-5,10,13H,6-9H2,1H3. The van der Waals surface area contributed by atoms with Gasteiger partial charge in [0.25, 0.3) is 0 Å². The molecule has 1 heterocycles. The van der Waals surface area contributed by atoms with E-state index in [-0.39, 0.29) is 5.82 Å². The van der Waals surface area contributed by atoms with Crippen molar-refractivity contribution in [2.24, 2.45) is 5.92 Å². The molecule has 16 heavy (non-hydrogen) atoms. The highest BCUT2D eigenvalue weighted by Crippen LogP contribution is 2.24. The molecule has 2 rings (SSSR count). The van der Waals surface area contributed by atoms with Gasteiger partial charge in [-0.3, -0.25) is 4.90 Å². The summed E-state index contributed by atoms with van der Waals surface area (Å²) < 4.78 is 12.8. The van der Waals surface area contributed by atoms with Crippen LogP contribution in [0.25, 0.3) is 0 Å². The van der Waals surface area contributed by atoms with Crippen LogP contribution < -0.4 is 0 Å². The SMILES string of the molecule is CC1CCN(Cc2ccc(F)cc2)CC1Br. The van der Waals surface area contributed by atoms with Crippen LogP contribution in [-0.4, -0.2) is 22.8 Å². The van der Waals surface area contributed by atoms with Crippen LogP contribution in [0.4, 0.5) is 4.39 Å². The molecule has 0 spiro atoms. The van der Waals surface area contributed by atoms with Crippen molar-refractivity contribution >= 4 is 15.9 Å². The van der Waals surface area contributed by atoms with Crippen LogP contribution >= 0.6 is 15.9 Å². The van der Waals surface area contributed by atoms with Crippen molar-refractivity contribution in [3.63, 3.8) is 0 Å². The van der Waals surface area contributed by atoms with Gasteiger partial charge in [-0.25, -0.2) is 4.39 Å². The number of hydrogen-bond donors (Lipinski definition) is 0. The van der Waals surface area contributed by atoms with E-state index in [0.717, 1.165) is 25.6 Å². The highest BCUT2D eigenvalue weighted by Gasteiger charge is 2.23. The number of hydrogen-bond acceptors (Lipinski definition) is 1. The third-order valence-electron chi connectivity index (χ3n) is 3.27. The Labute approximate surface area is 105 Å². The molecule has 88 valence electrons. The van der Waals surface area contributed by atoms with E-state index in [2.05, 4.69) is 27.8 Å². The summed E-state index contributed by atoms with van der Waals surface area (Å²) in [5, 5.41) is 0. The molecular weight excluding hydrogens is 269 g/mol. The Kier molecular flexibility index (Phi) is 3.98. The lowest BCUT2D eigenvalue weighted by Crippen LogP contribution is -2.39. The van der Waals surface area contributed by atoms with Crippen LogP contribution in [0.1, 0.15) is 18.9 Å². The Balaban J connectivity index is 1.93. The van der Waals surface area contributed by atoms with Gasteiger partial charge in [0.15, 0.2) is 0 Å². The summed E-state index contributed by atoms with van der Waals surface area (Å²) in [5.41, 5.74) is 1.19. The van der Waals surface area contributed by atoms with Crippen molar-refractivity contribution in [3.8, 4) is 0 Å². The first-order valence-electron chi connectivity index (χ1n) is 5.76. The molecule has 1 aromatic carbocycles. The van der Waals surface area contributed by atoms with Crippen molar-refractivity contribution < 1.29 is 4.39 Å². The van der Waals surface area contributed by atoms with Crippen LogP contribution in [0, 0.1) is 11.7 Å². The highest BCUT2D eigenvalue weighted by atomic mass is 79.9. The monoisotopic (exact) mass is 285 g/mol. The van der Waals surface area contributed by atoms with E-state index >= 15 is 0 Å². The van der Waals surface area contributed by atoms with Crippen LogP contribution in [0.3, 0.4) is 0 Å². The molecular formula is C13H17BrFN. The summed E-state index contributed by atoms with van der Waals surface area (Å²) in [6, 6.07) is 6.81. The van der Waals surface area contributed by atoms with Crippen LogP contribution in [0.5, 0.6) is 0 Å². The molecule has 0 saturated carbocycles. The summed E-state index contributed by atoms with van der Waals surface area (Å²) in [6.45, 7) is 5.43. The maximum atomic E-state index is 12.8. The fourth-order valence-corrected chi connectivity index (χ4v) is 2.75. The second-order valence-corrected chi connectivity index (χ2v) is 5.82. The lowest BCUT2D eigenvalue weighted by molar-refractivity contribution is 0.194. The summed E-state index contributed by atoms with van der Waals surface area (Å²) >= 11 is 3.72. The van der Waals surface area contributed by atoms with Crippen LogP contribution in [-0.2, 0) is 6.54 Å². The average molecular weight is 286 g/mol. The van der Waals surface area contributed by atoms with Crippen molar-refractivity contribution in [1.29, 1.82) is 0 Å². The minimum Gasteiger partial charge on any atom is -0.298 e. The zero-order valence-electron chi connectivity index (χ0n) is 9.50. The van der Waals surface area contributed by atoms with Gasteiger partial charge in [0, 0.05) is 17.9 Å². The molecule has 2 atom stereocenters. The number of benzene rings is 1. The van der Waals surface area contributed by atoms with E-state index in [1.54, 1.807) is 0 Å². The largest absolute Gasteiger partial charge is 0.298 e. The summed E-state index contributed by atoms with van der Waals surface area (Å²) in [4.78, 5) is 3.01. The maximum Gasteiger partial charge on any atom is 0.123 e. The number of alkyl halides is 1. The van der Waals surface area contributed by atoms with Gasteiger partial charge in [0.1, 0.15) is 5.82 Å². The summed E-state index contributed by atoms with van der Waals surface area (Å²) in [6.07, 6.45) is 1.23. The third kappa shape index (κ3) is 3.05. The fourth-order valence-electron chi connectivity index (χ4n) is 2.08. The summed E-state index contributed by atoms with van der Waals surface area (Å²) in [7, 11) is 0. The van der Waals surface area contributed by atoms with Crippen molar-refractivity contribution in [2.45, 2.75) is 24.7 Å². The molecule has 1 aliphatic rings. The predicted octanol–water partition coefficient (Wildman–Crippen LogP) is 3.43. The fraction of sp³-hybridized carbons (Fsp3) is 0.538. The van der Waals surface area contributed by atoms with Gasteiger partial charge in [-0.05, 0) is 36.6 Å². The number of nitrogens with zero attached hydrogens (tertiary/aromatic N) is 1. The minimum absolute atomic E-state index is 0.158. The number of likely N-dealkylation sites (tertiary alicyclic amines) is 1. The molecule has 3 heteroatoms. The van der Waals surface area contributed by atoms with Gasteiger partial charge in [0.2, 0.25) is 0 Å². The van der Waals surface area contributed by atoms with E-state index in [4.69, 9.17) is 0 Å². The molecule has 0 bridgehead atoms. The molecule has 2 unspecified atom stereocenters. The lowest BCUT2D eigenvalue weighted by Gasteiger charge is -2.34. The molecule has 1 fully saturated rings. The van der Waals surface area contributed by atoms with Gasteiger partial charge in [-0.1, -0.05) is 35.0 Å². The molecule has 1 aromatic rings. The molecule has 0 N–H and O–H groups in total. The highest BCUT2D eigenvalue weighted by molar-refractivity contribution is 9.09. The van der Waals surface area contributed by atoms with Crippen molar-refractivity contribution in [1.82, 2.24) is 4.90 Å². The number of halogens is 2. The molecule has 0 amide bonds. The molecule has 1 saturated heterocycles. The van der Waals surface area contributed by atoms with E-state index in [9.17, 15) is 4.39 Å². The Morgan fingerprint density at radius 3 is 2.69 bits per heavy atom. The van der Waals surface area contributed by atoms with Gasteiger partial charge in [-0.15, -0.1) is 0 Å². The van der Waals surface area contributed by atoms with Crippen LogP contribution in [0.2, 0.25) is 0 Å². The number of rotatable bonds is 2. The molecule has 1 aliphatic heterocycles. The zero-order chi connectivity index (χ0) is 11.5. The predicted molar refractivity (Wildman–Crippen MR) is 68.2 cm³/mol. The molecule has 0 radical (unpaired) electrons. The van der Waals surface area contributed by atoms with Crippen molar-refractivity contribution in [2.75, 3.05) is 13.1 Å². The number of piperidine rings is 1. The Morgan fingerprint density at radius 2 is 2.06 bits per heavy atom. The normalized spacial score (nSPS) is 26.9. The lowest BCUT2D eigenvalue weighted by atomic mass is 9.98. The van der Waals surface area contributed by atoms with E-state index in [1.165, 1.54) is 24.1 Å². The van der Waals surface area contributed by atoms with E-state index < -0.39 is 0 Å². The third-order valence-corrected chi connectivity index (χ3v) is 4.46. The van der Waals surface area contributed by atoms with Crippen LogP contribution in [0.15, 0.2) is 24.3 Å². The quantitative estimate of drug-likeness (QED) is 0.753. The first-order valence-corrected chi connectivity index (χ1v) is 6.67. The van der Waals surface area contributed by atoms with Gasteiger partial charge in [-0.2, -0.15) is 0 Å². The maximum absolute atomic E-state index is 12.8. The molecule has 1 nitrogen and oxygen atoms in total. The molecule has 0 aliphatic carbocycles. The average Bonchev–Trinajstić information content (AvgIpc) is 2.27. The van der Waals surface area contributed by atoms with Crippen molar-refractivity contribution in [3.05, 3.63) is 35.6 Å². The zero-order valence-corrected chi connectivity index (χ0v) is 11.1. The first-order chi connectivity index (χ1) is 7.65. The second kappa shape index (κ2) is 5.28. The van der Waals surface area contributed by atoms with Gasteiger partial charge in [0.05, 0.1) is 0 Å². The van der Waals surface area contributed by atoms with Gasteiger partial charge < -0.3 is 0 Å². The summed E-state index contributed by atoms with van der Waals surface area (Å²) in [5.74, 6) is 0.596. The molecule has 0 aromatic heterocycles. The first kappa shape index (κ1) is 12.1. The van der Waals surface area contributed by atoms with E-state index in [1.807, 2.05) is 12.1 Å². The minimum atomic E-state index is -0.158. The van der Waals surface area contributed by atoms with E-state index in [0.29, 0.717) is 4.83 Å². The smallest absolute Gasteiger partial charge is 0.123 e. The second-order valence-electron chi connectivity index (χ2n) is 4.64. The topological polar surface area (TPSA) is 3.24 Å². The Hall–Kier alpha value is -0.410. The Bertz CT molecular complexity index is 338. The van der Waals surface area contributed by atoms with Gasteiger partial charge >= 0.3 is 0 Å².